The van der Waals surface area contributed by atoms with E-state index in [0.29, 0.717) is 17.7 Å². The zero-order valence-corrected chi connectivity index (χ0v) is 15.6. The minimum absolute atomic E-state index is 0.0482. The van der Waals surface area contributed by atoms with Crippen LogP contribution in [-0.4, -0.2) is 39.5 Å². The summed E-state index contributed by atoms with van der Waals surface area (Å²) in [4.78, 5) is 26.0. The molecule has 3 rings (SSSR count). The quantitative estimate of drug-likeness (QED) is 0.907. The second kappa shape index (κ2) is 6.98. The van der Waals surface area contributed by atoms with Gasteiger partial charge in [-0.2, -0.15) is 0 Å². The van der Waals surface area contributed by atoms with Crippen LogP contribution in [0.15, 0.2) is 42.7 Å². The number of rotatable bonds is 3. The van der Waals surface area contributed by atoms with Crippen molar-refractivity contribution in [2.24, 2.45) is 0 Å². The molecule has 0 saturated carbocycles. The highest BCUT2D eigenvalue weighted by Crippen LogP contribution is 2.28. The van der Waals surface area contributed by atoms with E-state index in [9.17, 15) is 14.7 Å². The number of hydrogen-bond donors (Lipinski definition) is 1. The lowest BCUT2D eigenvalue weighted by atomic mass is 9.89. The Kier molecular flexibility index (Phi) is 4.90. The number of piperidine rings is 1. The number of likely N-dealkylation sites (tertiary alicyclic amines) is 1. The fraction of sp³-hybridized carbons (Fsp3) is 0.429. The first-order valence-electron chi connectivity index (χ1n) is 9.07. The Bertz CT molecular complexity index is 817. The summed E-state index contributed by atoms with van der Waals surface area (Å²) in [7, 11) is 0. The lowest BCUT2D eigenvalue weighted by Gasteiger charge is -2.33. The molecule has 1 amide bonds. The predicted molar refractivity (Wildman–Crippen MR) is 101 cm³/mol. The van der Waals surface area contributed by atoms with Gasteiger partial charge in [0.25, 0.3) is 5.91 Å². The summed E-state index contributed by atoms with van der Waals surface area (Å²) < 4.78 is 2.05. The molecule has 138 valence electrons. The minimum atomic E-state index is -0.917. The molecule has 1 aliphatic rings. The molecule has 0 spiro atoms. The fourth-order valence-corrected chi connectivity index (χ4v) is 3.48. The molecule has 0 aliphatic carbocycles. The van der Waals surface area contributed by atoms with Gasteiger partial charge < -0.3 is 14.6 Å². The van der Waals surface area contributed by atoms with Crippen molar-refractivity contribution in [3.63, 3.8) is 0 Å². The largest absolute Gasteiger partial charge is 0.478 e. The van der Waals surface area contributed by atoms with Crippen LogP contribution in [-0.2, 0) is 5.54 Å². The van der Waals surface area contributed by atoms with Crippen LogP contribution >= 0.6 is 0 Å². The van der Waals surface area contributed by atoms with Gasteiger partial charge in [0, 0.05) is 36.9 Å². The molecule has 0 unspecified atom stereocenters. The first kappa shape index (κ1) is 18.2. The van der Waals surface area contributed by atoms with Gasteiger partial charge in [-0.25, -0.2) is 4.79 Å². The Morgan fingerprint density at radius 1 is 1.15 bits per heavy atom. The lowest BCUT2D eigenvalue weighted by molar-refractivity contribution is 0.0687. The van der Waals surface area contributed by atoms with Gasteiger partial charge in [-0.15, -0.1) is 0 Å². The molecule has 5 heteroatoms. The van der Waals surface area contributed by atoms with Crippen molar-refractivity contribution in [3.8, 4) is 0 Å². The zero-order chi connectivity index (χ0) is 18.9. The van der Waals surface area contributed by atoms with E-state index in [1.165, 1.54) is 0 Å². The van der Waals surface area contributed by atoms with E-state index >= 15 is 0 Å². The summed E-state index contributed by atoms with van der Waals surface area (Å²) >= 11 is 0. The van der Waals surface area contributed by atoms with Crippen molar-refractivity contribution in [2.75, 3.05) is 13.1 Å². The number of aromatic carboxylic acids is 1. The number of carbonyl (C=O) groups excluding carboxylic acids is 1. The molecule has 0 bridgehead atoms. The zero-order valence-electron chi connectivity index (χ0n) is 15.6. The van der Waals surface area contributed by atoms with Crippen molar-refractivity contribution < 1.29 is 14.7 Å². The van der Waals surface area contributed by atoms with E-state index in [1.54, 1.807) is 18.2 Å². The van der Waals surface area contributed by atoms with Crippen LogP contribution in [0.5, 0.6) is 0 Å². The highest BCUT2D eigenvalue weighted by Gasteiger charge is 2.27. The van der Waals surface area contributed by atoms with Crippen LogP contribution in [0.25, 0.3) is 0 Å². The van der Waals surface area contributed by atoms with Gasteiger partial charge in [0.1, 0.15) is 0 Å². The first-order valence-corrected chi connectivity index (χ1v) is 9.07. The molecule has 2 heterocycles. The number of nitrogens with zero attached hydrogens (tertiary/aromatic N) is 2. The van der Waals surface area contributed by atoms with Crippen molar-refractivity contribution in [3.05, 3.63) is 59.4 Å². The summed E-state index contributed by atoms with van der Waals surface area (Å²) in [5.74, 6) is -0.692. The molecule has 1 aliphatic heterocycles. The van der Waals surface area contributed by atoms with Crippen LogP contribution < -0.4 is 0 Å². The van der Waals surface area contributed by atoms with Crippen molar-refractivity contribution >= 4 is 11.9 Å². The Labute approximate surface area is 154 Å². The second-order valence-corrected chi connectivity index (χ2v) is 8.00. The molecule has 1 aromatic carbocycles. The SMILES string of the molecule is CC(C)(C)n1ccc(C(=O)N2CCC[C@H](c3cccc(C(=O)O)c3)C2)c1. The molecule has 1 fully saturated rings. The van der Waals surface area contributed by atoms with Crippen LogP contribution in [0.1, 0.15) is 65.8 Å². The van der Waals surface area contributed by atoms with E-state index in [2.05, 4.69) is 25.3 Å². The number of aromatic nitrogens is 1. The third kappa shape index (κ3) is 3.82. The lowest BCUT2D eigenvalue weighted by Crippen LogP contribution is -2.39. The first-order chi connectivity index (χ1) is 12.3. The number of amides is 1. The van der Waals surface area contributed by atoms with Crippen molar-refractivity contribution in [2.45, 2.75) is 45.1 Å². The van der Waals surface area contributed by atoms with Crippen LogP contribution in [0.2, 0.25) is 0 Å². The third-order valence-corrected chi connectivity index (χ3v) is 5.03. The minimum Gasteiger partial charge on any atom is -0.478 e. The number of benzene rings is 1. The Hall–Kier alpha value is -2.56. The van der Waals surface area contributed by atoms with E-state index in [-0.39, 0.29) is 17.4 Å². The van der Waals surface area contributed by atoms with Crippen molar-refractivity contribution in [1.82, 2.24) is 9.47 Å². The summed E-state index contributed by atoms with van der Waals surface area (Å²) in [5, 5.41) is 9.20. The summed E-state index contributed by atoms with van der Waals surface area (Å²) in [6.45, 7) is 7.69. The van der Waals surface area contributed by atoms with Gasteiger partial charge >= 0.3 is 5.97 Å². The highest BCUT2D eigenvalue weighted by atomic mass is 16.4. The molecule has 5 nitrogen and oxygen atoms in total. The van der Waals surface area contributed by atoms with Crippen LogP contribution in [0.3, 0.4) is 0 Å². The number of carbonyl (C=O) groups is 2. The normalized spacial score (nSPS) is 18.0. The number of carboxylic acids is 1. The van der Waals surface area contributed by atoms with Gasteiger partial charge in [0.15, 0.2) is 0 Å². The molecule has 1 aromatic heterocycles. The molecule has 2 aromatic rings. The highest BCUT2D eigenvalue weighted by molar-refractivity contribution is 5.94. The monoisotopic (exact) mass is 354 g/mol. The Balaban J connectivity index is 1.76. The maximum atomic E-state index is 12.9. The summed E-state index contributed by atoms with van der Waals surface area (Å²) in [6, 6.07) is 8.95. The van der Waals surface area contributed by atoms with E-state index in [0.717, 1.165) is 24.9 Å². The van der Waals surface area contributed by atoms with Gasteiger partial charge in [-0.3, -0.25) is 4.79 Å². The number of hydrogen-bond acceptors (Lipinski definition) is 2. The molecule has 1 atom stereocenters. The van der Waals surface area contributed by atoms with E-state index in [1.807, 2.05) is 29.4 Å². The number of carboxylic acid groups (broad SMARTS) is 1. The van der Waals surface area contributed by atoms with Gasteiger partial charge in [0.05, 0.1) is 11.1 Å². The summed E-state index contributed by atoms with van der Waals surface area (Å²) in [5.41, 5.74) is 1.95. The van der Waals surface area contributed by atoms with Crippen molar-refractivity contribution in [1.29, 1.82) is 0 Å². The smallest absolute Gasteiger partial charge is 0.335 e. The predicted octanol–water partition coefficient (Wildman–Crippen LogP) is 3.96. The van der Waals surface area contributed by atoms with E-state index < -0.39 is 5.97 Å². The van der Waals surface area contributed by atoms with Gasteiger partial charge in [-0.1, -0.05) is 12.1 Å². The molecule has 0 radical (unpaired) electrons. The van der Waals surface area contributed by atoms with Crippen LogP contribution in [0.4, 0.5) is 0 Å². The maximum absolute atomic E-state index is 12.9. The summed E-state index contributed by atoms with van der Waals surface area (Å²) in [6.07, 6.45) is 5.76. The standard InChI is InChI=1S/C21H26N2O3/c1-21(2,3)23-11-9-18(14-23)19(24)22-10-5-8-17(13-22)15-6-4-7-16(12-15)20(25)26/h4,6-7,9,11-12,14,17H,5,8,10,13H2,1-3H3,(H,25,26)/t17-/m0/s1. The Morgan fingerprint density at radius 3 is 2.58 bits per heavy atom. The molecule has 1 N–H and O–H groups in total. The average molecular weight is 354 g/mol. The van der Waals surface area contributed by atoms with Gasteiger partial charge in [0.2, 0.25) is 0 Å². The Morgan fingerprint density at radius 2 is 1.92 bits per heavy atom. The van der Waals surface area contributed by atoms with E-state index in [4.69, 9.17) is 0 Å². The second-order valence-electron chi connectivity index (χ2n) is 8.00. The van der Waals surface area contributed by atoms with Crippen LogP contribution in [0, 0.1) is 0 Å². The molecule has 1 saturated heterocycles. The fourth-order valence-electron chi connectivity index (χ4n) is 3.48. The van der Waals surface area contributed by atoms with Gasteiger partial charge in [-0.05, 0) is 57.4 Å². The average Bonchev–Trinajstić information content (AvgIpc) is 3.12. The maximum Gasteiger partial charge on any atom is 0.335 e. The third-order valence-electron chi connectivity index (χ3n) is 5.03. The molecule has 26 heavy (non-hydrogen) atoms. The topological polar surface area (TPSA) is 62.5 Å². The molecular formula is C21H26N2O3. The molecular weight excluding hydrogens is 328 g/mol.